The average molecular weight is 292 g/mol. The molecule has 0 radical (unpaired) electrons. The SMILES string of the molecule is CCN1C[C@@H](C(=O)NCCSc2ccccc2)CC1=O. The number of hydrogen-bond donors (Lipinski definition) is 1. The zero-order chi connectivity index (χ0) is 14.4. The molecule has 4 nitrogen and oxygen atoms in total. The van der Waals surface area contributed by atoms with Crippen molar-refractivity contribution in [2.45, 2.75) is 18.2 Å². The molecular weight excluding hydrogens is 272 g/mol. The van der Waals surface area contributed by atoms with Gasteiger partial charge in [-0.25, -0.2) is 0 Å². The molecule has 0 aromatic heterocycles. The molecular formula is C15H20N2O2S. The van der Waals surface area contributed by atoms with E-state index in [1.165, 1.54) is 4.90 Å². The number of nitrogens with one attached hydrogen (secondary N) is 1. The van der Waals surface area contributed by atoms with Gasteiger partial charge in [-0.1, -0.05) is 18.2 Å². The Morgan fingerprint density at radius 1 is 1.40 bits per heavy atom. The van der Waals surface area contributed by atoms with Gasteiger partial charge in [0, 0.05) is 36.7 Å². The number of hydrogen-bond acceptors (Lipinski definition) is 3. The Morgan fingerprint density at radius 2 is 2.15 bits per heavy atom. The Balaban J connectivity index is 1.67. The van der Waals surface area contributed by atoms with Crippen molar-refractivity contribution in [3.63, 3.8) is 0 Å². The van der Waals surface area contributed by atoms with Crippen molar-refractivity contribution >= 4 is 23.6 Å². The van der Waals surface area contributed by atoms with Gasteiger partial charge in [-0.2, -0.15) is 0 Å². The third-order valence-corrected chi connectivity index (χ3v) is 4.39. The van der Waals surface area contributed by atoms with E-state index in [2.05, 4.69) is 17.4 Å². The fourth-order valence-corrected chi connectivity index (χ4v) is 3.05. The maximum Gasteiger partial charge on any atom is 0.225 e. The second-order valence-electron chi connectivity index (χ2n) is 4.79. The molecule has 1 saturated heterocycles. The van der Waals surface area contributed by atoms with Crippen molar-refractivity contribution in [2.24, 2.45) is 5.92 Å². The number of carbonyl (C=O) groups excluding carboxylic acids is 2. The zero-order valence-corrected chi connectivity index (χ0v) is 12.5. The van der Waals surface area contributed by atoms with Crippen LogP contribution in [-0.4, -0.2) is 42.1 Å². The number of rotatable bonds is 6. The lowest BCUT2D eigenvalue weighted by molar-refractivity contribution is -0.128. The predicted molar refractivity (Wildman–Crippen MR) is 80.5 cm³/mol. The summed E-state index contributed by atoms with van der Waals surface area (Å²) in [7, 11) is 0. The highest BCUT2D eigenvalue weighted by Gasteiger charge is 2.32. The largest absolute Gasteiger partial charge is 0.355 e. The molecule has 0 unspecified atom stereocenters. The third-order valence-electron chi connectivity index (χ3n) is 3.38. The van der Waals surface area contributed by atoms with E-state index < -0.39 is 0 Å². The smallest absolute Gasteiger partial charge is 0.225 e. The zero-order valence-electron chi connectivity index (χ0n) is 11.7. The van der Waals surface area contributed by atoms with E-state index >= 15 is 0 Å². The van der Waals surface area contributed by atoms with Crippen molar-refractivity contribution in [3.05, 3.63) is 30.3 Å². The average Bonchev–Trinajstić information content (AvgIpc) is 2.86. The summed E-state index contributed by atoms with van der Waals surface area (Å²) in [4.78, 5) is 26.5. The maximum atomic E-state index is 12.0. The first-order valence-electron chi connectivity index (χ1n) is 6.94. The topological polar surface area (TPSA) is 49.4 Å². The summed E-state index contributed by atoms with van der Waals surface area (Å²) in [5, 5.41) is 2.92. The van der Waals surface area contributed by atoms with E-state index in [4.69, 9.17) is 0 Å². The van der Waals surface area contributed by atoms with Crippen molar-refractivity contribution in [1.82, 2.24) is 10.2 Å². The van der Waals surface area contributed by atoms with Crippen molar-refractivity contribution in [2.75, 3.05) is 25.4 Å². The minimum Gasteiger partial charge on any atom is -0.355 e. The summed E-state index contributed by atoms with van der Waals surface area (Å²) in [6, 6.07) is 10.1. The molecule has 1 aliphatic rings. The Morgan fingerprint density at radius 3 is 2.80 bits per heavy atom. The molecule has 20 heavy (non-hydrogen) atoms. The quantitative estimate of drug-likeness (QED) is 0.642. The number of nitrogens with zero attached hydrogens (tertiary/aromatic N) is 1. The molecule has 1 heterocycles. The molecule has 0 saturated carbocycles. The van der Waals surface area contributed by atoms with Crippen LogP contribution in [-0.2, 0) is 9.59 Å². The van der Waals surface area contributed by atoms with E-state index in [0.717, 1.165) is 5.75 Å². The summed E-state index contributed by atoms with van der Waals surface area (Å²) < 4.78 is 0. The summed E-state index contributed by atoms with van der Waals surface area (Å²) in [6.07, 6.45) is 0.353. The van der Waals surface area contributed by atoms with E-state index in [9.17, 15) is 9.59 Å². The molecule has 108 valence electrons. The number of benzene rings is 1. The normalized spacial score (nSPS) is 18.4. The van der Waals surface area contributed by atoms with E-state index in [1.54, 1.807) is 16.7 Å². The van der Waals surface area contributed by atoms with Crippen LogP contribution in [0.25, 0.3) is 0 Å². The Bertz CT molecular complexity index is 464. The first-order valence-corrected chi connectivity index (χ1v) is 7.92. The molecule has 5 heteroatoms. The number of likely N-dealkylation sites (tertiary alicyclic amines) is 1. The molecule has 2 rings (SSSR count). The molecule has 1 aromatic carbocycles. The Kier molecular flexibility index (Phi) is 5.47. The van der Waals surface area contributed by atoms with Gasteiger partial charge in [0.1, 0.15) is 0 Å². The highest BCUT2D eigenvalue weighted by molar-refractivity contribution is 7.99. The number of amides is 2. The van der Waals surface area contributed by atoms with Crippen LogP contribution in [0.5, 0.6) is 0 Å². The molecule has 0 bridgehead atoms. The van der Waals surface area contributed by atoms with Crippen molar-refractivity contribution in [1.29, 1.82) is 0 Å². The standard InChI is InChI=1S/C15H20N2O2S/c1-2-17-11-12(10-14(17)18)15(19)16-8-9-20-13-6-4-3-5-7-13/h3-7,12H,2,8-11H2,1H3,(H,16,19)/t12-/m0/s1. The lowest BCUT2D eigenvalue weighted by atomic mass is 10.1. The Hall–Kier alpha value is -1.49. The van der Waals surface area contributed by atoms with Crippen LogP contribution < -0.4 is 5.32 Å². The molecule has 0 spiro atoms. The first kappa shape index (κ1) is 14.9. The van der Waals surface area contributed by atoms with Gasteiger partial charge >= 0.3 is 0 Å². The molecule has 1 N–H and O–H groups in total. The summed E-state index contributed by atoms with van der Waals surface area (Å²) in [5.74, 6) is 0.756. The molecule has 1 aliphatic heterocycles. The van der Waals surface area contributed by atoms with Crippen molar-refractivity contribution in [3.8, 4) is 0 Å². The summed E-state index contributed by atoms with van der Waals surface area (Å²) >= 11 is 1.72. The van der Waals surface area contributed by atoms with Gasteiger partial charge in [0.15, 0.2) is 0 Å². The highest BCUT2D eigenvalue weighted by Crippen LogP contribution is 2.18. The monoisotopic (exact) mass is 292 g/mol. The van der Waals surface area contributed by atoms with Gasteiger partial charge in [-0.15, -0.1) is 11.8 Å². The van der Waals surface area contributed by atoms with Crippen LogP contribution in [0.1, 0.15) is 13.3 Å². The van der Waals surface area contributed by atoms with Gasteiger partial charge in [0.25, 0.3) is 0 Å². The van der Waals surface area contributed by atoms with Crippen LogP contribution in [0, 0.1) is 5.92 Å². The third kappa shape index (κ3) is 4.00. The van der Waals surface area contributed by atoms with Gasteiger partial charge in [-0.05, 0) is 19.1 Å². The molecule has 1 atom stereocenters. The fraction of sp³-hybridized carbons (Fsp3) is 0.467. The molecule has 1 fully saturated rings. The van der Waals surface area contributed by atoms with Crippen LogP contribution in [0.15, 0.2) is 35.2 Å². The maximum absolute atomic E-state index is 12.0. The Labute approximate surface area is 123 Å². The van der Waals surface area contributed by atoms with Crippen LogP contribution >= 0.6 is 11.8 Å². The molecule has 1 aromatic rings. The molecule has 2 amide bonds. The molecule has 0 aliphatic carbocycles. The van der Waals surface area contributed by atoms with Gasteiger partial charge in [0.05, 0.1) is 5.92 Å². The van der Waals surface area contributed by atoms with Crippen LogP contribution in [0.2, 0.25) is 0 Å². The van der Waals surface area contributed by atoms with E-state index in [0.29, 0.717) is 26.1 Å². The fourth-order valence-electron chi connectivity index (χ4n) is 2.26. The van der Waals surface area contributed by atoms with Crippen molar-refractivity contribution < 1.29 is 9.59 Å². The highest BCUT2D eigenvalue weighted by atomic mass is 32.2. The summed E-state index contributed by atoms with van der Waals surface area (Å²) in [6.45, 7) is 3.82. The van der Waals surface area contributed by atoms with Gasteiger partial charge in [0.2, 0.25) is 11.8 Å². The number of carbonyl (C=O) groups is 2. The number of thioether (sulfide) groups is 1. The van der Waals surface area contributed by atoms with E-state index in [-0.39, 0.29) is 17.7 Å². The second kappa shape index (κ2) is 7.33. The minimum absolute atomic E-state index is 0.00274. The lowest BCUT2D eigenvalue weighted by Crippen LogP contribution is -2.34. The van der Waals surface area contributed by atoms with E-state index in [1.807, 2.05) is 25.1 Å². The first-order chi connectivity index (χ1) is 9.70. The lowest BCUT2D eigenvalue weighted by Gasteiger charge is -2.13. The van der Waals surface area contributed by atoms with Crippen LogP contribution in [0.4, 0.5) is 0 Å². The van der Waals surface area contributed by atoms with Crippen LogP contribution in [0.3, 0.4) is 0 Å². The minimum atomic E-state index is -0.177. The predicted octanol–water partition coefficient (Wildman–Crippen LogP) is 1.76. The van der Waals surface area contributed by atoms with Gasteiger partial charge in [-0.3, -0.25) is 9.59 Å². The summed E-state index contributed by atoms with van der Waals surface area (Å²) in [5.41, 5.74) is 0. The van der Waals surface area contributed by atoms with Gasteiger partial charge < -0.3 is 10.2 Å². The second-order valence-corrected chi connectivity index (χ2v) is 5.95.